The third kappa shape index (κ3) is 2.10. The topological polar surface area (TPSA) is 32.3 Å². The quantitative estimate of drug-likeness (QED) is 0.833. The highest BCUT2D eigenvalue weighted by Crippen LogP contribution is 2.49. The van der Waals surface area contributed by atoms with Crippen LogP contribution in [0.25, 0.3) is 6.08 Å². The van der Waals surface area contributed by atoms with Crippen LogP contribution in [0.15, 0.2) is 54.6 Å². The molecule has 2 nitrogen and oxygen atoms in total. The fraction of sp³-hybridized carbons (Fsp3) is 0.400. The molecule has 2 N–H and O–H groups in total. The van der Waals surface area contributed by atoms with Crippen LogP contribution in [0.5, 0.6) is 0 Å². The van der Waals surface area contributed by atoms with E-state index in [1.54, 1.807) is 0 Å². The lowest BCUT2D eigenvalue weighted by molar-refractivity contribution is -0.0782. The number of hydrogen-bond acceptors (Lipinski definition) is 2. The molecule has 3 unspecified atom stereocenters. The van der Waals surface area contributed by atoms with Crippen LogP contribution >= 0.6 is 0 Å². The highest BCUT2D eigenvalue weighted by atomic mass is 16.3. The molecule has 4 rings (SSSR count). The maximum atomic E-state index is 12.0. The molecular formula is C20H23NO. The van der Waals surface area contributed by atoms with Gasteiger partial charge in [-0.25, -0.2) is 0 Å². The van der Waals surface area contributed by atoms with Crippen molar-refractivity contribution in [3.05, 3.63) is 65.8 Å². The minimum atomic E-state index is -0.784. The SMILES string of the molecule is OC1(C2CCNCC2)c2ccccc2C=CC2C=CC=CC21. The molecule has 2 heteroatoms. The van der Waals surface area contributed by atoms with Crippen molar-refractivity contribution in [2.24, 2.45) is 17.8 Å². The number of allylic oxidation sites excluding steroid dienone is 4. The van der Waals surface area contributed by atoms with Crippen LogP contribution < -0.4 is 5.32 Å². The van der Waals surface area contributed by atoms with Gasteiger partial charge >= 0.3 is 0 Å². The normalized spacial score (nSPS) is 34.0. The molecule has 114 valence electrons. The number of fused-ring (bicyclic) bond motifs is 2. The van der Waals surface area contributed by atoms with Gasteiger partial charge in [0.15, 0.2) is 0 Å². The molecule has 0 amide bonds. The molecule has 2 aliphatic carbocycles. The molecule has 1 heterocycles. The summed E-state index contributed by atoms with van der Waals surface area (Å²) in [5, 5.41) is 15.4. The van der Waals surface area contributed by atoms with E-state index in [-0.39, 0.29) is 11.8 Å². The lowest BCUT2D eigenvalue weighted by Crippen LogP contribution is -2.48. The third-order valence-electron chi connectivity index (χ3n) is 5.54. The van der Waals surface area contributed by atoms with Crippen LogP contribution in [-0.4, -0.2) is 18.2 Å². The summed E-state index contributed by atoms with van der Waals surface area (Å²) in [5.74, 6) is 0.705. The third-order valence-corrected chi connectivity index (χ3v) is 5.54. The maximum Gasteiger partial charge on any atom is 0.100 e. The van der Waals surface area contributed by atoms with Gasteiger partial charge in [0.05, 0.1) is 0 Å². The Morgan fingerprint density at radius 3 is 2.64 bits per heavy atom. The molecule has 0 bridgehead atoms. The molecule has 1 aromatic rings. The van der Waals surface area contributed by atoms with Gasteiger partial charge in [-0.15, -0.1) is 0 Å². The Balaban J connectivity index is 1.87. The van der Waals surface area contributed by atoms with Gasteiger partial charge < -0.3 is 10.4 Å². The summed E-state index contributed by atoms with van der Waals surface area (Å²) in [6, 6.07) is 8.37. The van der Waals surface area contributed by atoms with Crippen molar-refractivity contribution in [2.45, 2.75) is 18.4 Å². The first-order valence-electron chi connectivity index (χ1n) is 8.36. The summed E-state index contributed by atoms with van der Waals surface area (Å²) in [4.78, 5) is 0. The molecule has 0 radical (unpaired) electrons. The van der Waals surface area contributed by atoms with Gasteiger partial charge in [-0.3, -0.25) is 0 Å². The van der Waals surface area contributed by atoms with Gasteiger partial charge in [-0.05, 0) is 43.0 Å². The molecule has 3 aliphatic rings. The maximum absolute atomic E-state index is 12.0. The Labute approximate surface area is 132 Å². The van der Waals surface area contributed by atoms with Crippen LogP contribution in [0.3, 0.4) is 0 Å². The van der Waals surface area contributed by atoms with Crippen LogP contribution in [0.4, 0.5) is 0 Å². The summed E-state index contributed by atoms with van der Waals surface area (Å²) in [7, 11) is 0. The first-order valence-corrected chi connectivity index (χ1v) is 8.36. The molecule has 0 aromatic heterocycles. The largest absolute Gasteiger partial charge is 0.384 e. The van der Waals surface area contributed by atoms with E-state index < -0.39 is 5.60 Å². The van der Waals surface area contributed by atoms with E-state index in [1.807, 2.05) is 0 Å². The van der Waals surface area contributed by atoms with E-state index in [0.717, 1.165) is 31.5 Å². The van der Waals surface area contributed by atoms with E-state index in [9.17, 15) is 5.11 Å². The van der Waals surface area contributed by atoms with Crippen molar-refractivity contribution in [1.82, 2.24) is 5.32 Å². The van der Waals surface area contributed by atoms with Gasteiger partial charge in [0.2, 0.25) is 0 Å². The molecule has 3 atom stereocenters. The fourth-order valence-corrected chi connectivity index (χ4v) is 4.40. The Bertz CT molecular complexity index is 639. The average Bonchev–Trinajstić information content (AvgIpc) is 2.73. The second kappa shape index (κ2) is 5.53. The van der Waals surface area contributed by atoms with Crippen LogP contribution in [-0.2, 0) is 5.60 Å². The molecule has 1 saturated heterocycles. The predicted molar refractivity (Wildman–Crippen MR) is 90.2 cm³/mol. The van der Waals surface area contributed by atoms with Gasteiger partial charge in [0.1, 0.15) is 5.60 Å². The summed E-state index contributed by atoms with van der Waals surface area (Å²) < 4.78 is 0. The summed E-state index contributed by atoms with van der Waals surface area (Å²) in [6.45, 7) is 2.00. The number of aliphatic hydroxyl groups is 1. The van der Waals surface area contributed by atoms with E-state index in [2.05, 4.69) is 66.0 Å². The summed E-state index contributed by atoms with van der Waals surface area (Å²) >= 11 is 0. The number of nitrogens with one attached hydrogen (secondary N) is 1. The minimum absolute atomic E-state index is 0.125. The molecule has 1 fully saturated rings. The van der Waals surface area contributed by atoms with Crippen molar-refractivity contribution in [1.29, 1.82) is 0 Å². The smallest absolute Gasteiger partial charge is 0.100 e. The monoisotopic (exact) mass is 293 g/mol. The van der Waals surface area contributed by atoms with E-state index in [4.69, 9.17) is 0 Å². The van der Waals surface area contributed by atoms with Gasteiger partial charge in [0.25, 0.3) is 0 Å². The van der Waals surface area contributed by atoms with Crippen molar-refractivity contribution in [3.63, 3.8) is 0 Å². The van der Waals surface area contributed by atoms with Crippen LogP contribution in [0.2, 0.25) is 0 Å². The van der Waals surface area contributed by atoms with Gasteiger partial charge in [-0.2, -0.15) is 0 Å². The van der Waals surface area contributed by atoms with Gasteiger partial charge in [-0.1, -0.05) is 60.7 Å². The van der Waals surface area contributed by atoms with E-state index >= 15 is 0 Å². The number of rotatable bonds is 1. The first kappa shape index (κ1) is 14.0. The molecule has 0 spiro atoms. The number of benzene rings is 1. The minimum Gasteiger partial charge on any atom is -0.384 e. The molecule has 1 aromatic carbocycles. The zero-order valence-corrected chi connectivity index (χ0v) is 12.8. The molecule has 0 saturated carbocycles. The Morgan fingerprint density at radius 2 is 1.77 bits per heavy atom. The van der Waals surface area contributed by atoms with Crippen molar-refractivity contribution in [3.8, 4) is 0 Å². The second-order valence-electron chi connectivity index (χ2n) is 6.67. The Morgan fingerprint density at radius 1 is 1.00 bits per heavy atom. The highest BCUT2D eigenvalue weighted by molar-refractivity contribution is 5.59. The van der Waals surface area contributed by atoms with Crippen LogP contribution in [0, 0.1) is 17.8 Å². The molecule has 1 aliphatic heterocycles. The van der Waals surface area contributed by atoms with Gasteiger partial charge in [0, 0.05) is 11.8 Å². The van der Waals surface area contributed by atoms with Crippen molar-refractivity contribution < 1.29 is 5.11 Å². The summed E-state index contributed by atoms with van der Waals surface area (Å²) in [6.07, 6.45) is 15.1. The predicted octanol–water partition coefficient (Wildman–Crippen LogP) is 3.26. The zero-order chi connectivity index (χ0) is 15.0. The lowest BCUT2D eigenvalue weighted by Gasteiger charge is -2.45. The Kier molecular flexibility index (Phi) is 3.51. The molecular weight excluding hydrogens is 270 g/mol. The van der Waals surface area contributed by atoms with Crippen LogP contribution in [0.1, 0.15) is 24.0 Å². The lowest BCUT2D eigenvalue weighted by atomic mass is 9.64. The number of piperidine rings is 1. The van der Waals surface area contributed by atoms with E-state index in [0.29, 0.717) is 5.92 Å². The fourth-order valence-electron chi connectivity index (χ4n) is 4.40. The number of hydrogen-bond donors (Lipinski definition) is 2. The molecule has 22 heavy (non-hydrogen) atoms. The van der Waals surface area contributed by atoms with Crippen molar-refractivity contribution in [2.75, 3.05) is 13.1 Å². The van der Waals surface area contributed by atoms with E-state index in [1.165, 1.54) is 5.56 Å². The highest BCUT2D eigenvalue weighted by Gasteiger charge is 2.48. The first-order chi connectivity index (χ1) is 10.8. The average molecular weight is 293 g/mol. The Hall–Kier alpha value is -1.64. The zero-order valence-electron chi connectivity index (χ0n) is 12.8. The standard InChI is InChI=1S/C20H23NO/c22-20(17-11-13-21-14-12-17)18-7-3-1-5-15(18)9-10-16-6-2-4-8-19(16)20/h1-10,15,17-18,21-22H,11-14H2. The summed E-state index contributed by atoms with van der Waals surface area (Å²) in [5.41, 5.74) is 1.49. The second-order valence-corrected chi connectivity index (χ2v) is 6.67. The van der Waals surface area contributed by atoms with Crippen molar-refractivity contribution >= 4 is 6.08 Å².